The molecule has 0 bridgehead atoms. The van der Waals surface area contributed by atoms with Gasteiger partial charge in [-0.3, -0.25) is 14.9 Å². The maximum Gasteiger partial charge on any atom is 0.296 e. The van der Waals surface area contributed by atoms with Crippen LogP contribution in [0.1, 0.15) is 6.42 Å². The molecule has 1 aromatic carbocycles. The van der Waals surface area contributed by atoms with E-state index < -0.39 is 26.8 Å². The molecule has 1 amide bonds. The van der Waals surface area contributed by atoms with E-state index in [0.29, 0.717) is 0 Å². The van der Waals surface area contributed by atoms with Gasteiger partial charge in [-0.25, -0.2) is 13.6 Å². The van der Waals surface area contributed by atoms with Gasteiger partial charge in [0.2, 0.25) is 15.9 Å². The molecule has 0 saturated carbocycles. The standard InChI is InChI=1S/C12H15N3O6S/c1-21-10-4-2-3-9(15(17)18)12(10)14-6-8(5-11(14)16)7-22(13,19)20/h2-4,8H,5-7H2,1H3,(H2,13,19,20). The van der Waals surface area contributed by atoms with Gasteiger partial charge in [-0.1, -0.05) is 6.07 Å². The van der Waals surface area contributed by atoms with Gasteiger partial charge in [0.1, 0.15) is 5.75 Å². The first-order chi connectivity index (χ1) is 10.2. The Morgan fingerprint density at radius 1 is 1.50 bits per heavy atom. The average Bonchev–Trinajstić information content (AvgIpc) is 2.75. The third kappa shape index (κ3) is 3.34. The van der Waals surface area contributed by atoms with Gasteiger partial charge in [-0.15, -0.1) is 0 Å². The van der Waals surface area contributed by atoms with Crippen molar-refractivity contribution in [3.63, 3.8) is 0 Å². The molecule has 1 saturated heterocycles. The van der Waals surface area contributed by atoms with Gasteiger partial charge < -0.3 is 9.64 Å². The number of sulfonamides is 1. The molecule has 9 nitrogen and oxygen atoms in total. The summed E-state index contributed by atoms with van der Waals surface area (Å²) in [6, 6.07) is 4.21. The summed E-state index contributed by atoms with van der Waals surface area (Å²) in [4.78, 5) is 23.9. The summed E-state index contributed by atoms with van der Waals surface area (Å²) in [6.45, 7) is 0.0382. The van der Waals surface area contributed by atoms with Gasteiger partial charge >= 0.3 is 0 Å². The Bertz CT molecular complexity index is 718. The van der Waals surface area contributed by atoms with Gasteiger partial charge in [0, 0.05) is 24.9 Å². The minimum atomic E-state index is -3.72. The molecule has 1 fully saturated rings. The Balaban J connectivity index is 2.40. The highest BCUT2D eigenvalue weighted by molar-refractivity contribution is 7.89. The number of anilines is 1. The Hall–Kier alpha value is -2.20. The maximum atomic E-state index is 12.1. The van der Waals surface area contributed by atoms with Crippen molar-refractivity contribution in [3.05, 3.63) is 28.3 Å². The number of rotatable bonds is 5. The summed E-state index contributed by atoms with van der Waals surface area (Å²) >= 11 is 0. The maximum absolute atomic E-state index is 12.1. The summed E-state index contributed by atoms with van der Waals surface area (Å²) in [5.41, 5.74) is -0.235. The molecular formula is C12H15N3O6S. The fourth-order valence-electron chi connectivity index (χ4n) is 2.53. The van der Waals surface area contributed by atoms with Crippen molar-refractivity contribution < 1.29 is 22.9 Å². The lowest BCUT2D eigenvalue weighted by atomic mass is 10.1. The van der Waals surface area contributed by atoms with E-state index in [9.17, 15) is 23.3 Å². The van der Waals surface area contributed by atoms with Crippen molar-refractivity contribution in [2.75, 3.05) is 24.3 Å². The molecule has 10 heteroatoms. The number of primary sulfonamides is 1. The zero-order valence-corrected chi connectivity index (χ0v) is 12.6. The molecule has 120 valence electrons. The van der Waals surface area contributed by atoms with Crippen molar-refractivity contribution in [1.29, 1.82) is 0 Å². The van der Waals surface area contributed by atoms with E-state index in [1.807, 2.05) is 0 Å². The van der Waals surface area contributed by atoms with Crippen molar-refractivity contribution in [1.82, 2.24) is 0 Å². The number of benzene rings is 1. The number of hydrogen-bond donors (Lipinski definition) is 1. The van der Waals surface area contributed by atoms with E-state index in [1.165, 1.54) is 30.2 Å². The van der Waals surface area contributed by atoms with E-state index in [1.54, 1.807) is 0 Å². The molecule has 0 radical (unpaired) electrons. The van der Waals surface area contributed by atoms with Crippen LogP contribution in [0, 0.1) is 16.0 Å². The smallest absolute Gasteiger partial charge is 0.296 e. The second-order valence-corrected chi connectivity index (χ2v) is 6.65. The molecule has 1 heterocycles. The molecular weight excluding hydrogens is 314 g/mol. The molecule has 2 rings (SSSR count). The topological polar surface area (TPSA) is 133 Å². The van der Waals surface area contributed by atoms with Crippen LogP contribution in [-0.2, 0) is 14.8 Å². The van der Waals surface area contributed by atoms with Crippen molar-refractivity contribution in [3.8, 4) is 5.75 Å². The quantitative estimate of drug-likeness (QED) is 0.608. The molecule has 0 spiro atoms. The number of nitro benzene ring substituents is 1. The van der Waals surface area contributed by atoms with Crippen LogP contribution in [-0.4, -0.2) is 38.7 Å². The monoisotopic (exact) mass is 329 g/mol. The Morgan fingerprint density at radius 2 is 2.18 bits per heavy atom. The molecule has 22 heavy (non-hydrogen) atoms. The predicted molar refractivity (Wildman–Crippen MR) is 78.1 cm³/mol. The number of amides is 1. The minimum absolute atomic E-state index is 0.0361. The van der Waals surface area contributed by atoms with E-state index in [-0.39, 0.29) is 35.8 Å². The number of hydrogen-bond acceptors (Lipinski definition) is 6. The summed E-state index contributed by atoms with van der Waals surface area (Å²) < 4.78 is 27.4. The number of nitro groups is 1. The molecule has 0 aliphatic carbocycles. The van der Waals surface area contributed by atoms with E-state index >= 15 is 0 Å². The first kappa shape index (κ1) is 16.2. The van der Waals surface area contributed by atoms with E-state index in [2.05, 4.69) is 0 Å². The summed E-state index contributed by atoms with van der Waals surface area (Å²) in [5, 5.41) is 16.1. The van der Waals surface area contributed by atoms with Crippen LogP contribution >= 0.6 is 0 Å². The van der Waals surface area contributed by atoms with Gasteiger partial charge in [0.05, 0.1) is 17.8 Å². The Morgan fingerprint density at radius 3 is 2.73 bits per heavy atom. The van der Waals surface area contributed by atoms with Crippen LogP contribution < -0.4 is 14.8 Å². The van der Waals surface area contributed by atoms with Gasteiger partial charge in [0.15, 0.2) is 5.69 Å². The summed E-state index contributed by atoms with van der Waals surface area (Å²) in [6.07, 6.45) is -0.0361. The van der Waals surface area contributed by atoms with Crippen molar-refractivity contribution >= 4 is 27.3 Å². The number of carbonyl (C=O) groups is 1. The molecule has 0 aromatic heterocycles. The molecule has 1 aromatic rings. The van der Waals surface area contributed by atoms with Gasteiger partial charge in [-0.05, 0) is 6.07 Å². The third-order valence-corrected chi connectivity index (χ3v) is 4.27. The highest BCUT2D eigenvalue weighted by Gasteiger charge is 2.37. The molecule has 2 N–H and O–H groups in total. The SMILES string of the molecule is COc1cccc([N+](=O)[O-])c1N1CC(CS(N)(=O)=O)CC1=O. The zero-order valence-electron chi connectivity index (χ0n) is 11.8. The fraction of sp³-hybridized carbons (Fsp3) is 0.417. The number of methoxy groups -OCH3 is 1. The number of para-hydroxylation sites is 1. The largest absolute Gasteiger partial charge is 0.494 e. The predicted octanol–water partition coefficient (Wildman–Crippen LogP) is 0.245. The number of carbonyl (C=O) groups excluding carboxylic acids is 1. The van der Waals surface area contributed by atoms with Crippen molar-refractivity contribution in [2.45, 2.75) is 6.42 Å². The number of ether oxygens (including phenoxy) is 1. The third-order valence-electron chi connectivity index (χ3n) is 3.34. The minimum Gasteiger partial charge on any atom is -0.494 e. The van der Waals surface area contributed by atoms with Gasteiger partial charge in [-0.2, -0.15) is 0 Å². The molecule has 1 aliphatic rings. The first-order valence-corrected chi connectivity index (χ1v) is 8.06. The van der Waals surface area contributed by atoms with Crippen molar-refractivity contribution in [2.24, 2.45) is 11.1 Å². The molecule has 1 unspecified atom stereocenters. The van der Waals surface area contributed by atoms with Crippen LogP contribution in [0.3, 0.4) is 0 Å². The van der Waals surface area contributed by atoms with E-state index in [4.69, 9.17) is 9.88 Å². The first-order valence-electron chi connectivity index (χ1n) is 6.35. The van der Waals surface area contributed by atoms with Crippen LogP contribution in [0.5, 0.6) is 5.75 Å². The van der Waals surface area contributed by atoms with Crippen LogP contribution in [0.25, 0.3) is 0 Å². The second kappa shape index (κ2) is 5.89. The lowest BCUT2D eigenvalue weighted by molar-refractivity contribution is -0.384. The lowest BCUT2D eigenvalue weighted by Crippen LogP contribution is -2.28. The molecule has 1 atom stereocenters. The average molecular weight is 329 g/mol. The molecule has 1 aliphatic heterocycles. The highest BCUT2D eigenvalue weighted by atomic mass is 32.2. The number of nitrogens with zero attached hydrogens (tertiary/aromatic N) is 2. The second-order valence-electron chi connectivity index (χ2n) is 4.99. The number of nitrogens with two attached hydrogens (primary N) is 1. The van der Waals surface area contributed by atoms with Crippen LogP contribution in [0.15, 0.2) is 18.2 Å². The van der Waals surface area contributed by atoms with Gasteiger partial charge in [0.25, 0.3) is 5.69 Å². The Kier molecular flexibility index (Phi) is 4.33. The van der Waals surface area contributed by atoms with Crippen LogP contribution in [0.2, 0.25) is 0 Å². The highest BCUT2D eigenvalue weighted by Crippen LogP contribution is 2.40. The fourth-order valence-corrected chi connectivity index (χ4v) is 3.41. The van der Waals surface area contributed by atoms with E-state index in [0.717, 1.165) is 0 Å². The summed E-state index contributed by atoms with van der Waals surface area (Å²) in [5.74, 6) is -1.08. The zero-order chi connectivity index (χ0) is 16.5. The normalized spacial score (nSPS) is 18.5. The Labute approximate surface area is 126 Å². The lowest BCUT2D eigenvalue weighted by Gasteiger charge is -2.19. The summed E-state index contributed by atoms with van der Waals surface area (Å²) in [7, 11) is -2.38. The van der Waals surface area contributed by atoms with Crippen LogP contribution in [0.4, 0.5) is 11.4 Å².